The Hall–Kier alpha value is -1.35. The van der Waals surface area contributed by atoms with Gasteiger partial charge in [0.2, 0.25) is 0 Å². The van der Waals surface area contributed by atoms with Gasteiger partial charge in [0.05, 0.1) is 0 Å². The van der Waals surface area contributed by atoms with Gasteiger partial charge in [0.1, 0.15) is 6.04 Å². The zero-order valence-corrected chi connectivity index (χ0v) is 5.95. The Morgan fingerprint density at radius 2 is 1.91 bits per heavy atom. The van der Waals surface area contributed by atoms with Gasteiger partial charge in [-0.25, -0.2) is 0 Å². The number of carbonyl (C=O) groups excluding carboxylic acids is 1. The molecule has 3 nitrogen and oxygen atoms in total. The molecule has 0 saturated heterocycles. The molecule has 1 unspecified atom stereocenters. The molecule has 3 N–H and O–H groups in total. The smallest absolute Gasteiger partial charge is 0.259 e. The molecule has 0 heterocycles. The van der Waals surface area contributed by atoms with Gasteiger partial charge in [-0.3, -0.25) is 10.5 Å². The Labute approximate surface area is 65.0 Å². The van der Waals surface area contributed by atoms with E-state index in [4.69, 9.17) is 11.5 Å². The van der Waals surface area contributed by atoms with Gasteiger partial charge < -0.3 is 5.73 Å². The summed E-state index contributed by atoms with van der Waals surface area (Å²) in [6.45, 7) is 0. The maximum atomic E-state index is 10.5. The Morgan fingerprint density at radius 3 is 2.36 bits per heavy atom. The van der Waals surface area contributed by atoms with Crippen molar-refractivity contribution < 1.29 is 4.79 Å². The third kappa shape index (κ3) is 1.78. The molecule has 1 amide bonds. The Bertz CT molecular complexity index is 246. The molecule has 1 rings (SSSR count). The van der Waals surface area contributed by atoms with Gasteiger partial charge in [-0.1, -0.05) is 30.3 Å². The van der Waals surface area contributed by atoms with Crippen LogP contribution < -0.4 is 11.5 Å². The predicted molar refractivity (Wildman–Crippen MR) is 41.5 cm³/mol. The van der Waals surface area contributed by atoms with Crippen LogP contribution in [0.25, 0.3) is 0 Å². The van der Waals surface area contributed by atoms with Crippen LogP contribution in [0.15, 0.2) is 30.3 Å². The quantitative estimate of drug-likeness (QED) is 0.665. The van der Waals surface area contributed by atoms with E-state index in [1.54, 1.807) is 24.3 Å². The van der Waals surface area contributed by atoms with Crippen molar-refractivity contribution in [2.75, 3.05) is 0 Å². The first-order valence-corrected chi connectivity index (χ1v) is 3.28. The van der Waals surface area contributed by atoms with Crippen LogP contribution in [0.4, 0.5) is 0 Å². The second-order valence-electron chi connectivity index (χ2n) is 2.25. The summed E-state index contributed by atoms with van der Waals surface area (Å²) in [6.07, 6.45) is 0. The van der Waals surface area contributed by atoms with Crippen molar-refractivity contribution in [2.24, 2.45) is 5.73 Å². The Kier molecular flexibility index (Phi) is 2.23. The first kappa shape index (κ1) is 7.75. The molecule has 0 aliphatic heterocycles. The molecule has 0 aliphatic rings. The Morgan fingerprint density at radius 1 is 1.36 bits per heavy atom. The number of amides is 1. The minimum absolute atomic E-state index is 0.688. The van der Waals surface area contributed by atoms with E-state index >= 15 is 0 Å². The molecule has 0 saturated carbocycles. The highest BCUT2D eigenvalue weighted by molar-refractivity contribution is 5.80. The largest absolute Gasteiger partial charge is 0.316 e. The number of nitrogens with one attached hydrogen (secondary N) is 1. The van der Waals surface area contributed by atoms with Gasteiger partial charge >= 0.3 is 0 Å². The van der Waals surface area contributed by atoms with E-state index in [1.165, 1.54) is 0 Å². The minimum Gasteiger partial charge on any atom is -0.316 e. The lowest BCUT2D eigenvalue weighted by Gasteiger charge is -2.04. The van der Waals surface area contributed by atoms with Crippen LogP contribution in [-0.4, -0.2) is 5.91 Å². The average Bonchev–Trinajstić information content (AvgIpc) is 2.05. The third-order valence-electron chi connectivity index (χ3n) is 1.44. The van der Waals surface area contributed by atoms with E-state index in [-0.39, 0.29) is 0 Å². The second-order valence-corrected chi connectivity index (χ2v) is 2.25. The van der Waals surface area contributed by atoms with E-state index in [2.05, 4.69) is 0 Å². The number of rotatable bonds is 2. The third-order valence-corrected chi connectivity index (χ3v) is 1.44. The van der Waals surface area contributed by atoms with E-state index < -0.39 is 11.9 Å². The molecule has 1 aromatic carbocycles. The molecule has 11 heavy (non-hydrogen) atoms. The van der Waals surface area contributed by atoms with Crippen LogP contribution >= 0.6 is 0 Å². The molecule has 1 aromatic rings. The van der Waals surface area contributed by atoms with E-state index in [9.17, 15) is 4.79 Å². The molecule has 1 radical (unpaired) electrons. The molecule has 57 valence electrons. The standard InChI is InChI=1S/C8H9N2O/c9-7(8(10)11)6-4-2-1-3-5-6/h1-5,7,10H,9H2. The highest BCUT2D eigenvalue weighted by Crippen LogP contribution is 2.07. The molecule has 0 aliphatic carbocycles. The maximum absolute atomic E-state index is 10.5. The van der Waals surface area contributed by atoms with Gasteiger partial charge in [0.15, 0.2) is 0 Å². The molecule has 0 fully saturated rings. The van der Waals surface area contributed by atoms with Gasteiger partial charge in [0, 0.05) is 0 Å². The van der Waals surface area contributed by atoms with Crippen LogP contribution in [0.1, 0.15) is 11.6 Å². The Balaban J connectivity index is 2.85. The van der Waals surface area contributed by atoms with Crippen LogP contribution in [0.2, 0.25) is 0 Å². The molecule has 0 bridgehead atoms. The van der Waals surface area contributed by atoms with Crippen molar-refractivity contribution in [3.63, 3.8) is 0 Å². The van der Waals surface area contributed by atoms with Crippen LogP contribution in [0, 0.1) is 0 Å². The summed E-state index contributed by atoms with van der Waals surface area (Å²) in [5.41, 5.74) is 12.8. The topological polar surface area (TPSA) is 66.9 Å². The lowest BCUT2D eigenvalue weighted by molar-refractivity contribution is -0.120. The first-order valence-electron chi connectivity index (χ1n) is 3.28. The predicted octanol–water partition coefficient (Wildman–Crippen LogP) is 0.496. The summed E-state index contributed by atoms with van der Waals surface area (Å²) in [5.74, 6) is -0.754. The fourth-order valence-corrected chi connectivity index (χ4v) is 0.812. The van der Waals surface area contributed by atoms with Crippen molar-refractivity contribution in [3.8, 4) is 0 Å². The van der Waals surface area contributed by atoms with E-state index in [0.717, 1.165) is 0 Å². The SMILES string of the molecule is [NH]C(=O)C(N)c1ccccc1. The first-order chi connectivity index (χ1) is 5.22. The van der Waals surface area contributed by atoms with Crippen molar-refractivity contribution in [3.05, 3.63) is 35.9 Å². The van der Waals surface area contributed by atoms with Crippen LogP contribution in [0.3, 0.4) is 0 Å². The summed E-state index contributed by atoms with van der Waals surface area (Å²) < 4.78 is 0. The maximum Gasteiger partial charge on any atom is 0.259 e. The van der Waals surface area contributed by atoms with Crippen molar-refractivity contribution >= 4 is 5.91 Å². The minimum atomic E-state index is -0.795. The van der Waals surface area contributed by atoms with E-state index in [0.29, 0.717) is 5.56 Å². The molecular weight excluding hydrogens is 140 g/mol. The number of hydrogen-bond acceptors (Lipinski definition) is 2. The van der Waals surface area contributed by atoms with Gasteiger partial charge in [0.25, 0.3) is 5.91 Å². The lowest BCUT2D eigenvalue weighted by atomic mass is 10.1. The number of carbonyl (C=O) groups is 1. The van der Waals surface area contributed by atoms with Crippen molar-refractivity contribution in [2.45, 2.75) is 6.04 Å². The monoisotopic (exact) mass is 149 g/mol. The fourth-order valence-electron chi connectivity index (χ4n) is 0.812. The molecule has 0 spiro atoms. The molecule has 1 atom stereocenters. The van der Waals surface area contributed by atoms with Crippen molar-refractivity contribution in [1.82, 2.24) is 5.73 Å². The molecule has 3 heteroatoms. The normalized spacial score (nSPS) is 12.5. The van der Waals surface area contributed by atoms with Gasteiger partial charge in [-0.05, 0) is 5.56 Å². The zero-order valence-electron chi connectivity index (χ0n) is 5.95. The van der Waals surface area contributed by atoms with Gasteiger partial charge in [-0.15, -0.1) is 0 Å². The number of hydrogen-bond donors (Lipinski definition) is 1. The number of benzene rings is 1. The highest BCUT2D eigenvalue weighted by Gasteiger charge is 2.10. The summed E-state index contributed by atoms with van der Waals surface area (Å²) in [6, 6.07) is 8.09. The van der Waals surface area contributed by atoms with Crippen LogP contribution in [-0.2, 0) is 4.79 Å². The van der Waals surface area contributed by atoms with E-state index in [1.807, 2.05) is 6.07 Å². The summed E-state index contributed by atoms with van der Waals surface area (Å²) in [4.78, 5) is 10.5. The average molecular weight is 149 g/mol. The second kappa shape index (κ2) is 3.16. The summed E-state index contributed by atoms with van der Waals surface area (Å²) in [5, 5.41) is 0. The number of nitrogens with two attached hydrogens (primary N) is 1. The summed E-state index contributed by atoms with van der Waals surface area (Å²) in [7, 11) is 0. The van der Waals surface area contributed by atoms with Crippen LogP contribution in [0.5, 0.6) is 0 Å². The van der Waals surface area contributed by atoms with Gasteiger partial charge in [-0.2, -0.15) is 0 Å². The fraction of sp³-hybridized carbons (Fsp3) is 0.125. The molecular formula is C8H9N2O. The lowest BCUT2D eigenvalue weighted by Crippen LogP contribution is -2.21. The zero-order chi connectivity index (χ0) is 8.27. The summed E-state index contributed by atoms with van der Waals surface area (Å²) >= 11 is 0. The highest BCUT2D eigenvalue weighted by atomic mass is 16.1. The van der Waals surface area contributed by atoms with Crippen molar-refractivity contribution in [1.29, 1.82) is 0 Å². The molecule has 0 aromatic heterocycles.